The van der Waals surface area contributed by atoms with Crippen molar-refractivity contribution in [1.82, 2.24) is 0 Å². The minimum Gasteiger partial charge on any atom is -0.309 e. The van der Waals surface area contributed by atoms with Crippen LogP contribution in [0.15, 0.2) is 137 Å². The van der Waals surface area contributed by atoms with E-state index in [9.17, 15) is 0 Å². The first-order valence-corrected chi connectivity index (χ1v) is 21.5. The molecular weight excluding hydrogens is 671 g/mol. The molecule has 12 rings (SSSR count). The molecule has 6 aromatic rings. The van der Waals surface area contributed by atoms with Gasteiger partial charge in [-0.05, 0) is 160 Å². The Labute approximate surface area is 326 Å². The molecule has 0 aromatic heterocycles. The lowest BCUT2D eigenvalue weighted by Gasteiger charge is -2.63. The van der Waals surface area contributed by atoms with Crippen molar-refractivity contribution in [2.75, 3.05) is 4.90 Å². The number of anilines is 3. The van der Waals surface area contributed by atoms with Crippen molar-refractivity contribution in [2.24, 2.45) is 23.7 Å². The van der Waals surface area contributed by atoms with Crippen LogP contribution < -0.4 is 4.90 Å². The number of hydrogen-bond acceptors (Lipinski definition) is 2. The van der Waals surface area contributed by atoms with Crippen molar-refractivity contribution >= 4 is 39.6 Å². The molecule has 0 unspecified atom stereocenters. The van der Waals surface area contributed by atoms with E-state index in [0.29, 0.717) is 0 Å². The Morgan fingerprint density at radius 3 is 1.89 bits per heavy atom. The van der Waals surface area contributed by atoms with Crippen LogP contribution in [-0.2, 0) is 16.2 Å². The molecule has 4 bridgehead atoms. The lowest BCUT2D eigenvalue weighted by Crippen LogP contribution is -2.57. The van der Waals surface area contributed by atoms with E-state index >= 15 is 0 Å². The third-order valence-corrected chi connectivity index (χ3v) is 16.1. The van der Waals surface area contributed by atoms with E-state index in [4.69, 9.17) is 0 Å². The van der Waals surface area contributed by atoms with Crippen LogP contribution in [0.1, 0.15) is 94.9 Å². The Morgan fingerprint density at radius 1 is 0.519 bits per heavy atom. The van der Waals surface area contributed by atoms with Gasteiger partial charge < -0.3 is 4.90 Å². The normalized spacial score (nSPS) is 26.7. The predicted octanol–water partition coefficient (Wildman–Crippen LogP) is 14.5. The molecule has 1 spiro atoms. The number of benzene rings is 6. The summed E-state index contributed by atoms with van der Waals surface area (Å²) in [4.78, 5) is 5.64. The summed E-state index contributed by atoms with van der Waals surface area (Å²) in [5, 5.41) is 2.57. The van der Waals surface area contributed by atoms with Gasteiger partial charge in [0.25, 0.3) is 0 Å². The lowest BCUT2D eigenvalue weighted by atomic mass is 9.42. The van der Waals surface area contributed by atoms with E-state index in [-0.39, 0.29) is 16.2 Å². The van der Waals surface area contributed by atoms with E-state index in [1.807, 2.05) is 11.8 Å². The van der Waals surface area contributed by atoms with Crippen LogP contribution >= 0.6 is 11.8 Å². The number of hydrogen-bond donors (Lipinski definition) is 0. The van der Waals surface area contributed by atoms with E-state index < -0.39 is 0 Å². The Morgan fingerprint density at radius 2 is 1.13 bits per heavy atom. The van der Waals surface area contributed by atoms with Crippen molar-refractivity contribution in [2.45, 2.75) is 98.7 Å². The molecule has 0 amide bonds. The average molecular weight is 722 g/mol. The molecule has 0 N–H and O–H groups in total. The fourth-order valence-electron chi connectivity index (χ4n) is 12.6. The largest absolute Gasteiger partial charge is 0.309 e. The van der Waals surface area contributed by atoms with Gasteiger partial charge in [-0.3, -0.25) is 0 Å². The van der Waals surface area contributed by atoms with E-state index in [0.717, 1.165) is 23.7 Å². The average Bonchev–Trinajstić information content (AvgIpc) is 3.18. The zero-order chi connectivity index (χ0) is 36.4. The van der Waals surface area contributed by atoms with Gasteiger partial charge in [-0.15, -0.1) is 0 Å². The minimum absolute atomic E-state index is 0.0575. The number of fused-ring (bicyclic) bond motifs is 4. The van der Waals surface area contributed by atoms with E-state index in [2.05, 4.69) is 160 Å². The first kappa shape index (κ1) is 33.1. The van der Waals surface area contributed by atoms with Gasteiger partial charge in [0.1, 0.15) is 0 Å². The molecule has 270 valence electrons. The van der Waals surface area contributed by atoms with Crippen molar-refractivity contribution in [1.29, 1.82) is 0 Å². The molecule has 54 heavy (non-hydrogen) atoms. The van der Waals surface area contributed by atoms with Crippen LogP contribution in [0.25, 0.3) is 21.9 Å². The van der Waals surface area contributed by atoms with Crippen molar-refractivity contribution in [3.05, 3.63) is 150 Å². The molecule has 2 heteroatoms. The van der Waals surface area contributed by atoms with Crippen molar-refractivity contribution < 1.29 is 0 Å². The van der Waals surface area contributed by atoms with Gasteiger partial charge in [0.05, 0.1) is 11.4 Å². The highest BCUT2D eigenvalue weighted by molar-refractivity contribution is 7.99. The quantitative estimate of drug-likeness (QED) is 0.178. The zero-order valence-electron chi connectivity index (χ0n) is 32.2. The summed E-state index contributed by atoms with van der Waals surface area (Å²) in [6, 6.07) is 49.2. The second-order valence-electron chi connectivity index (χ2n) is 18.8. The molecule has 6 aromatic carbocycles. The highest BCUT2D eigenvalue weighted by Gasteiger charge is 2.61. The molecule has 4 fully saturated rings. The zero-order valence-corrected chi connectivity index (χ0v) is 33.1. The molecule has 5 aliphatic carbocycles. The van der Waals surface area contributed by atoms with Gasteiger partial charge in [-0.1, -0.05) is 130 Å². The van der Waals surface area contributed by atoms with Gasteiger partial charge in [0.15, 0.2) is 0 Å². The monoisotopic (exact) mass is 721 g/mol. The number of rotatable bonds is 4. The Hall–Kier alpha value is -4.27. The Bertz CT molecular complexity index is 2420. The molecule has 0 radical (unpaired) electrons. The highest BCUT2D eigenvalue weighted by atomic mass is 32.2. The standard InChI is InChI=1S/C52H51NS/c1-50(2)25-26-51(3,4)48-43(50)14-9-16-45(48)53(41-23-21-36(22-24-41)38-20-19-35-11-5-6-12-37(35)32-38)46-17-10-15-44-49(46)54-47-18-8-7-13-42(47)52(44)39-28-33-27-34(30-39)31-40(52)29-33/h5-24,32-34,39-40H,25-31H2,1-4H3. The molecule has 4 saturated carbocycles. The Balaban J connectivity index is 1.14. The summed E-state index contributed by atoms with van der Waals surface area (Å²) < 4.78 is 0. The minimum atomic E-state index is 0.0575. The molecular formula is C52H51NS. The lowest BCUT2D eigenvalue weighted by molar-refractivity contribution is -0.0443. The van der Waals surface area contributed by atoms with Crippen LogP contribution in [0.5, 0.6) is 0 Å². The first-order chi connectivity index (χ1) is 26.2. The van der Waals surface area contributed by atoms with Gasteiger partial charge in [-0.25, -0.2) is 0 Å². The molecule has 1 aliphatic heterocycles. The van der Waals surface area contributed by atoms with Crippen molar-refractivity contribution in [3.8, 4) is 11.1 Å². The third kappa shape index (κ3) is 4.78. The Kier molecular flexibility index (Phi) is 7.27. The first-order valence-electron chi connectivity index (χ1n) is 20.6. The smallest absolute Gasteiger partial charge is 0.0604 e. The maximum absolute atomic E-state index is 2.68. The van der Waals surface area contributed by atoms with Gasteiger partial charge >= 0.3 is 0 Å². The number of nitrogens with zero attached hydrogens (tertiary/aromatic N) is 1. The summed E-state index contributed by atoms with van der Waals surface area (Å²) in [6.07, 6.45) is 9.44. The van der Waals surface area contributed by atoms with Crippen LogP contribution in [0, 0.1) is 23.7 Å². The third-order valence-electron chi connectivity index (χ3n) is 14.9. The maximum atomic E-state index is 2.68. The van der Waals surface area contributed by atoms with E-state index in [1.165, 1.54) is 105 Å². The summed E-state index contributed by atoms with van der Waals surface area (Å²) >= 11 is 2.04. The van der Waals surface area contributed by atoms with Crippen molar-refractivity contribution in [3.63, 3.8) is 0 Å². The summed E-state index contributed by atoms with van der Waals surface area (Å²) in [5.74, 6) is 3.29. The summed E-state index contributed by atoms with van der Waals surface area (Å²) in [7, 11) is 0. The highest BCUT2D eigenvalue weighted by Crippen LogP contribution is 2.69. The molecule has 1 heterocycles. The van der Waals surface area contributed by atoms with Crippen LogP contribution in [-0.4, -0.2) is 0 Å². The van der Waals surface area contributed by atoms with Crippen LogP contribution in [0.2, 0.25) is 0 Å². The predicted molar refractivity (Wildman–Crippen MR) is 228 cm³/mol. The summed E-state index contributed by atoms with van der Waals surface area (Å²) in [5.41, 5.74) is 13.0. The maximum Gasteiger partial charge on any atom is 0.0604 e. The molecule has 0 saturated heterocycles. The second-order valence-corrected chi connectivity index (χ2v) is 19.9. The summed E-state index contributed by atoms with van der Waals surface area (Å²) in [6.45, 7) is 9.89. The van der Waals surface area contributed by atoms with Gasteiger partial charge in [0.2, 0.25) is 0 Å². The topological polar surface area (TPSA) is 3.24 Å². The van der Waals surface area contributed by atoms with Crippen LogP contribution in [0.4, 0.5) is 17.1 Å². The molecule has 1 nitrogen and oxygen atoms in total. The fourth-order valence-corrected chi connectivity index (χ4v) is 13.9. The molecule has 0 atom stereocenters. The van der Waals surface area contributed by atoms with Crippen LogP contribution in [0.3, 0.4) is 0 Å². The fraction of sp³-hybridized carbons (Fsp3) is 0.346. The van der Waals surface area contributed by atoms with E-state index in [1.54, 1.807) is 11.1 Å². The van der Waals surface area contributed by atoms with Gasteiger partial charge in [0, 0.05) is 20.9 Å². The second kappa shape index (κ2) is 11.9. The van der Waals surface area contributed by atoms with Gasteiger partial charge in [-0.2, -0.15) is 0 Å². The molecule has 6 aliphatic rings. The SMILES string of the molecule is CC1(C)CCC(C)(C)c2c(N(c3ccc(-c4ccc5ccccc5c4)cc3)c3cccc4c3Sc3ccccc3C43C4CC5CC(C4)CC3C5)cccc21.